The minimum atomic E-state index is -3.78. The third-order valence-electron chi connectivity index (χ3n) is 5.55. The van der Waals surface area contributed by atoms with Crippen LogP contribution in [0.5, 0.6) is 5.75 Å². The molecule has 2 rings (SSSR count). The van der Waals surface area contributed by atoms with Crippen LogP contribution >= 0.6 is 0 Å². The predicted octanol–water partition coefficient (Wildman–Crippen LogP) is 3.41. The number of ether oxygens (including phenoxy) is 1. The van der Waals surface area contributed by atoms with Crippen LogP contribution in [0.1, 0.15) is 44.4 Å². The molecule has 192 valence electrons. The van der Waals surface area contributed by atoms with Crippen LogP contribution < -0.4 is 14.4 Å². The molecule has 0 unspecified atom stereocenters. The summed E-state index contributed by atoms with van der Waals surface area (Å²) in [5.41, 5.74) is 2.25. The largest absolute Gasteiger partial charge is 0.497 e. The number of rotatable bonds is 9. The molecule has 0 fully saturated rings. The van der Waals surface area contributed by atoms with Crippen molar-refractivity contribution in [2.45, 2.75) is 59.7 Å². The van der Waals surface area contributed by atoms with Gasteiger partial charge in [-0.25, -0.2) is 8.42 Å². The number of sulfonamides is 1. The number of benzene rings is 2. The van der Waals surface area contributed by atoms with Gasteiger partial charge in [0, 0.05) is 12.1 Å². The topological polar surface area (TPSA) is 96.0 Å². The van der Waals surface area contributed by atoms with Crippen molar-refractivity contribution in [1.82, 2.24) is 10.2 Å². The zero-order valence-electron chi connectivity index (χ0n) is 21.9. The van der Waals surface area contributed by atoms with E-state index in [-0.39, 0.29) is 12.5 Å². The van der Waals surface area contributed by atoms with Crippen molar-refractivity contribution in [2.24, 2.45) is 0 Å². The van der Waals surface area contributed by atoms with Gasteiger partial charge in [0.25, 0.3) is 0 Å². The average molecular weight is 504 g/mol. The molecular weight excluding hydrogens is 466 g/mol. The second-order valence-electron chi connectivity index (χ2n) is 9.79. The van der Waals surface area contributed by atoms with Crippen LogP contribution in [-0.4, -0.2) is 56.6 Å². The van der Waals surface area contributed by atoms with E-state index < -0.39 is 34.1 Å². The number of hydrogen-bond donors (Lipinski definition) is 1. The quantitative estimate of drug-likeness (QED) is 0.566. The molecule has 0 aliphatic carbocycles. The number of nitrogens with one attached hydrogen (secondary N) is 1. The van der Waals surface area contributed by atoms with Gasteiger partial charge in [-0.2, -0.15) is 0 Å². The fourth-order valence-electron chi connectivity index (χ4n) is 3.76. The third-order valence-corrected chi connectivity index (χ3v) is 6.66. The van der Waals surface area contributed by atoms with E-state index >= 15 is 0 Å². The molecule has 2 aromatic rings. The predicted molar refractivity (Wildman–Crippen MR) is 139 cm³/mol. The molecule has 8 nitrogen and oxygen atoms in total. The summed E-state index contributed by atoms with van der Waals surface area (Å²) >= 11 is 0. The standard InChI is InChI=1S/C26H37N3O5S/c1-18-10-9-11-19(2)24(18)29(35(8,32)33)17-23(30)28(20(3)25(31)27-26(4,5)6)16-21-12-14-22(34-7)15-13-21/h9-15,20H,16-17H2,1-8H3,(H,27,31)/t20-/m1/s1. The molecule has 1 N–H and O–H groups in total. The van der Waals surface area contributed by atoms with E-state index in [1.807, 2.05) is 39.0 Å². The van der Waals surface area contributed by atoms with Gasteiger partial charge in [0.05, 0.1) is 19.1 Å². The number of anilines is 1. The normalized spacial score (nSPS) is 12.6. The van der Waals surface area contributed by atoms with Crippen molar-refractivity contribution in [2.75, 3.05) is 24.2 Å². The smallest absolute Gasteiger partial charge is 0.244 e. The fraction of sp³-hybridized carbons (Fsp3) is 0.462. The van der Waals surface area contributed by atoms with Gasteiger partial charge in [-0.15, -0.1) is 0 Å². The first-order valence-corrected chi connectivity index (χ1v) is 13.3. The van der Waals surface area contributed by atoms with Crippen LogP contribution in [0.25, 0.3) is 0 Å². The Hall–Kier alpha value is -3.07. The van der Waals surface area contributed by atoms with E-state index in [2.05, 4.69) is 5.32 Å². The first-order chi connectivity index (χ1) is 16.1. The Morgan fingerprint density at radius 2 is 1.57 bits per heavy atom. The number of amides is 2. The van der Waals surface area contributed by atoms with E-state index in [1.54, 1.807) is 52.1 Å². The summed E-state index contributed by atoms with van der Waals surface area (Å²) in [7, 11) is -2.21. The molecule has 0 aliphatic heterocycles. The van der Waals surface area contributed by atoms with Gasteiger partial charge in [-0.3, -0.25) is 13.9 Å². The molecule has 0 aromatic heterocycles. The van der Waals surface area contributed by atoms with Gasteiger partial charge in [-0.05, 0) is 70.4 Å². The van der Waals surface area contributed by atoms with Crippen molar-refractivity contribution in [3.8, 4) is 5.75 Å². The molecule has 0 aliphatic rings. The number of carbonyl (C=O) groups is 2. The molecule has 0 saturated heterocycles. The van der Waals surface area contributed by atoms with E-state index in [1.165, 1.54) is 4.90 Å². The summed E-state index contributed by atoms with van der Waals surface area (Å²) in [6.45, 7) is 10.5. The lowest BCUT2D eigenvalue weighted by atomic mass is 10.1. The number of aryl methyl sites for hydroxylation is 2. The lowest BCUT2D eigenvalue weighted by Crippen LogP contribution is -2.54. The van der Waals surface area contributed by atoms with Crippen molar-refractivity contribution in [3.63, 3.8) is 0 Å². The van der Waals surface area contributed by atoms with Gasteiger partial charge in [0.1, 0.15) is 18.3 Å². The maximum Gasteiger partial charge on any atom is 0.244 e. The van der Waals surface area contributed by atoms with Gasteiger partial charge >= 0.3 is 0 Å². The maximum absolute atomic E-state index is 13.7. The highest BCUT2D eigenvalue weighted by Gasteiger charge is 2.32. The molecular formula is C26H37N3O5S. The summed E-state index contributed by atoms with van der Waals surface area (Å²) < 4.78 is 31.9. The zero-order valence-corrected chi connectivity index (χ0v) is 22.7. The minimum Gasteiger partial charge on any atom is -0.497 e. The third kappa shape index (κ3) is 7.71. The molecule has 9 heteroatoms. The summed E-state index contributed by atoms with van der Waals surface area (Å²) in [6.07, 6.45) is 1.08. The molecule has 0 spiro atoms. The lowest BCUT2D eigenvalue weighted by molar-refractivity contribution is -0.140. The Bertz CT molecular complexity index is 1130. The monoisotopic (exact) mass is 503 g/mol. The Morgan fingerprint density at radius 1 is 1.03 bits per heavy atom. The summed E-state index contributed by atoms with van der Waals surface area (Å²) in [5, 5.41) is 2.91. The minimum absolute atomic E-state index is 0.131. The van der Waals surface area contributed by atoms with Crippen LogP contribution in [-0.2, 0) is 26.2 Å². The van der Waals surface area contributed by atoms with Gasteiger partial charge < -0.3 is 15.0 Å². The summed E-state index contributed by atoms with van der Waals surface area (Å²) in [4.78, 5) is 28.1. The molecule has 35 heavy (non-hydrogen) atoms. The van der Waals surface area contributed by atoms with E-state index in [9.17, 15) is 18.0 Å². The first-order valence-electron chi connectivity index (χ1n) is 11.4. The highest BCUT2D eigenvalue weighted by molar-refractivity contribution is 7.92. The van der Waals surface area contributed by atoms with Crippen molar-refractivity contribution in [1.29, 1.82) is 0 Å². The Balaban J connectivity index is 2.45. The van der Waals surface area contributed by atoms with Gasteiger partial charge in [-0.1, -0.05) is 30.3 Å². The van der Waals surface area contributed by atoms with Gasteiger partial charge in [0.15, 0.2) is 0 Å². The highest BCUT2D eigenvalue weighted by Crippen LogP contribution is 2.27. The number of methoxy groups -OCH3 is 1. The number of hydrogen-bond acceptors (Lipinski definition) is 5. The number of nitrogens with zero attached hydrogens (tertiary/aromatic N) is 2. The van der Waals surface area contributed by atoms with Crippen molar-refractivity contribution < 1.29 is 22.7 Å². The fourth-order valence-corrected chi connectivity index (χ4v) is 4.72. The van der Waals surface area contributed by atoms with Crippen LogP contribution in [0.3, 0.4) is 0 Å². The molecule has 0 saturated carbocycles. The molecule has 0 heterocycles. The van der Waals surface area contributed by atoms with Crippen LogP contribution in [0.4, 0.5) is 5.69 Å². The molecule has 2 aromatic carbocycles. The Morgan fingerprint density at radius 3 is 2.03 bits per heavy atom. The summed E-state index contributed by atoms with van der Waals surface area (Å²) in [6, 6.07) is 11.8. The zero-order chi connectivity index (χ0) is 26.6. The van der Waals surface area contributed by atoms with E-state index in [0.29, 0.717) is 11.4 Å². The van der Waals surface area contributed by atoms with Gasteiger partial charge in [0.2, 0.25) is 21.8 Å². The Labute approximate surface area is 209 Å². The van der Waals surface area contributed by atoms with E-state index in [0.717, 1.165) is 27.3 Å². The SMILES string of the molecule is COc1ccc(CN(C(=O)CN(c2c(C)cccc2C)S(C)(=O)=O)[C@H](C)C(=O)NC(C)(C)C)cc1. The van der Waals surface area contributed by atoms with Crippen LogP contribution in [0.2, 0.25) is 0 Å². The maximum atomic E-state index is 13.7. The number of para-hydroxylation sites is 1. The van der Waals surface area contributed by atoms with Crippen LogP contribution in [0.15, 0.2) is 42.5 Å². The second-order valence-corrected chi connectivity index (χ2v) is 11.7. The lowest BCUT2D eigenvalue weighted by Gasteiger charge is -2.33. The summed E-state index contributed by atoms with van der Waals surface area (Å²) in [5.74, 6) is -0.133. The molecule has 2 amide bonds. The van der Waals surface area contributed by atoms with Crippen LogP contribution in [0, 0.1) is 13.8 Å². The first kappa shape index (κ1) is 28.2. The molecule has 0 bridgehead atoms. The highest BCUT2D eigenvalue weighted by atomic mass is 32.2. The van der Waals surface area contributed by atoms with E-state index in [4.69, 9.17) is 4.74 Å². The second kappa shape index (κ2) is 11.1. The van der Waals surface area contributed by atoms with Crippen molar-refractivity contribution >= 4 is 27.5 Å². The Kier molecular flexibility index (Phi) is 8.94. The average Bonchev–Trinajstić information content (AvgIpc) is 2.74. The van der Waals surface area contributed by atoms with Crippen molar-refractivity contribution in [3.05, 3.63) is 59.2 Å². The number of carbonyl (C=O) groups excluding carboxylic acids is 2. The molecule has 0 radical (unpaired) electrons. The molecule has 1 atom stereocenters.